The minimum atomic E-state index is -4.37. The number of sulfonamides is 1. The normalized spacial score (nSPS) is 18.6. The molecule has 0 radical (unpaired) electrons. The number of carbonyl (C=O) groups is 1. The van der Waals surface area contributed by atoms with Gasteiger partial charge in [0.2, 0.25) is 5.03 Å². The smallest absolute Gasteiger partial charge is 0.325 e. The Hall–Kier alpha value is -1.58. The van der Waals surface area contributed by atoms with Crippen molar-refractivity contribution in [3.05, 3.63) is 24.1 Å². The molecule has 1 aliphatic rings. The molecule has 7 nitrogen and oxygen atoms in total. The van der Waals surface area contributed by atoms with Crippen molar-refractivity contribution in [1.82, 2.24) is 9.71 Å². The van der Waals surface area contributed by atoms with Crippen LogP contribution in [0, 0.1) is 5.82 Å². The molecule has 0 aliphatic carbocycles. The van der Waals surface area contributed by atoms with Gasteiger partial charge in [-0.25, -0.2) is 17.8 Å². The molecular formula is C11H13FN2O5S. The van der Waals surface area contributed by atoms with Crippen LogP contribution in [0.3, 0.4) is 0 Å². The molecule has 0 aromatic carbocycles. The van der Waals surface area contributed by atoms with E-state index in [1.165, 1.54) is 6.07 Å². The van der Waals surface area contributed by atoms with Gasteiger partial charge in [-0.15, -0.1) is 0 Å². The van der Waals surface area contributed by atoms with Crippen molar-refractivity contribution in [2.24, 2.45) is 0 Å². The maximum Gasteiger partial charge on any atom is 0.325 e. The first-order valence-electron chi connectivity index (χ1n) is 5.83. The molecule has 2 rings (SSSR count). The molecule has 1 aromatic heterocycles. The maximum atomic E-state index is 13.5. The Bertz CT molecular complexity index is 613. The molecule has 1 aliphatic heterocycles. The highest BCUT2D eigenvalue weighted by Crippen LogP contribution is 2.24. The number of hydrogen-bond acceptors (Lipinski definition) is 5. The number of carboxylic acids is 1. The predicted molar refractivity (Wildman–Crippen MR) is 64.9 cm³/mol. The van der Waals surface area contributed by atoms with E-state index in [9.17, 15) is 22.7 Å². The van der Waals surface area contributed by atoms with Gasteiger partial charge in [0.25, 0.3) is 10.0 Å². The number of nitrogens with zero attached hydrogens (tertiary/aromatic N) is 1. The van der Waals surface area contributed by atoms with Crippen molar-refractivity contribution in [3.8, 4) is 0 Å². The quantitative estimate of drug-likeness (QED) is 0.819. The standard InChI is InChI=1S/C11H13FN2O5S/c12-8-2-1-5-13-9(8)20(17,18)14-11(10(15)16)3-6-19-7-4-11/h1-2,5,14H,3-4,6-7H2,(H,15,16). The van der Waals surface area contributed by atoms with Crippen LogP contribution in [0.1, 0.15) is 12.8 Å². The van der Waals surface area contributed by atoms with Crippen LogP contribution in [0.2, 0.25) is 0 Å². The first-order chi connectivity index (χ1) is 9.37. The molecule has 0 atom stereocenters. The Morgan fingerprint density at radius 2 is 2.10 bits per heavy atom. The van der Waals surface area contributed by atoms with Crippen LogP contribution in [0.15, 0.2) is 23.4 Å². The zero-order chi connectivity index (χ0) is 14.8. The summed E-state index contributed by atoms with van der Waals surface area (Å²) in [5.41, 5.74) is -1.69. The molecule has 1 fully saturated rings. The summed E-state index contributed by atoms with van der Waals surface area (Å²) in [5.74, 6) is -2.35. The van der Waals surface area contributed by atoms with E-state index in [-0.39, 0.29) is 26.1 Å². The summed E-state index contributed by atoms with van der Waals surface area (Å²) in [6, 6.07) is 2.19. The Morgan fingerprint density at radius 1 is 1.45 bits per heavy atom. The van der Waals surface area contributed by atoms with Gasteiger partial charge < -0.3 is 9.84 Å². The average Bonchev–Trinajstić information content (AvgIpc) is 2.39. The van der Waals surface area contributed by atoms with Gasteiger partial charge in [0.1, 0.15) is 5.54 Å². The largest absolute Gasteiger partial charge is 0.480 e. The highest BCUT2D eigenvalue weighted by Gasteiger charge is 2.44. The highest BCUT2D eigenvalue weighted by atomic mass is 32.2. The molecule has 0 unspecified atom stereocenters. The number of carboxylic acid groups (broad SMARTS) is 1. The van der Waals surface area contributed by atoms with Crippen molar-refractivity contribution in [3.63, 3.8) is 0 Å². The molecule has 110 valence electrons. The number of ether oxygens (including phenoxy) is 1. The Labute approximate surface area is 114 Å². The maximum absolute atomic E-state index is 13.5. The Balaban J connectivity index is 2.35. The predicted octanol–water partition coefficient (Wildman–Crippen LogP) is 0.133. The first kappa shape index (κ1) is 14.8. The van der Waals surface area contributed by atoms with E-state index >= 15 is 0 Å². The van der Waals surface area contributed by atoms with Crippen LogP contribution in [0.25, 0.3) is 0 Å². The molecule has 1 aromatic rings. The summed E-state index contributed by atoms with van der Waals surface area (Å²) >= 11 is 0. The summed E-state index contributed by atoms with van der Waals surface area (Å²) < 4.78 is 44.8. The van der Waals surface area contributed by atoms with Gasteiger partial charge in [-0.2, -0.15) is 4.72 Å². The fraction of sp³-hybridized carbons (Fsp3) is 0.455. The summed E-state index contributed by atoms with van der Waals surface area (Å²) in [4.78, 5) is 14.8. The van der Waals surface area contributed by atoms with Crippen molar-refractivity contribution in [1.29, 1.82) is 0 Å². The summed E-state index contributed by atoms with van der Waals surface area (Å²) in [6.07, 6.45) is 1.06. The second-order valence-corrected chi connectivity index (χ2v) is 5.99. The minimum absolute atomic E-state index is 0.0317. The zero-order valence-corrected chi connectivity index (χ0v) is 11.2. The van der Waals surface area contributed by atoms with Gasteiger partial charge in [-0.3, -0.25) is 4.79 Å². The lowest BCUT2D eigenvalue weighted by molar-refractivity contribution is -0.147. The topological polar surface area (TPSA) is 106 Å². The van der Waals surface area contributed by atoms with E-state index in [1.807, 2.05) is 0 Å². The van der Waals surface area contributed by atoms with Crippen LogP contribution in [0.4, 0.5) is 4.39 Å². The Morgan fingerprint density at radius 3 is 2.65 bits per heavy atom. The number of rotatable bonds is 4. The number of halogens is 1. The van der Waals surface area contributed by atoms with Crippen molar-refractivity contribution in [2.45, 2.75) is 23.4 Å². The third kappa shape index (κ3) is 2.79. The molecule has 2 N–H and O–H groups in total. The van der Waals surface area contributed by atoms with Gasteiger partial charge in [0, 0.05) is 32.3 Å². The van der Waals surface area contributed by atoms with Crippen molar-refractivity contribution in [2.75, 3.05) is 13.2 Å². The van der Waals surface area contributed by atoms with E-state index < -0.39 is 32.4 Å². The number of aromatic nitrogens is 1. The lowest BCUT2D eigenvalue weighted by Crippen LogP contribution is -2.57. The zero-order valence-electron chi connectivity index (χ0n) is 10.4. The lowest BCUT2D eigenvalue weighted by Gasteiger charge is -2.33. The second-order valence-electron chi connectivity index (χ2n) is 4.40. The van der Waals surface area contributed by atoms with Crippen LogP contribution < -0.4 is 4.72 Å². The van der Waals surface area contributed by atoms with Crippen LogP contribution in [0.5, 0.6) is 0 Å². The fourth-order valence-corrected chi connectivity index (χ4v) is 3.38. The number of pyridine rings is 1. The molecule has 0 saturated carbocycles. The molecule has 20 heavy (non-hydrogen) atoms. The van der Waals surface area contributed by atoms with Crippen molar-refractivity contribution >= 4 is 16.0 Å². The number of nitrogens with one attached hydrogen (secondary N) is 1. The van der Waals surface area contributed by atoms with Gasteiger partial charge in [0.15, 0.2) is 5.82 Å². The molecule has 0 bridgehead atoms. The Kier molecular flexibility index (Phi) is 4.02. The van der Waals surface area contributed by atoms with E-state index in [0.717, 1.165) is 12.3 Å². The molecule has 0 amide bonds. The van der Waals surface area contributed by atoms with E-state index in [2.05, 4.69) is 9.71 Å². The third-order valence-electron chi connectivity index (χ3n) is 3.06. The van der Waals surface area contributed by atoms with Gasteiger partial charge in [-0.05, 0) is 12.1 Å². The molecule has 9 heteroatoms. The SMILES string of the molecule is O=C(O)C1(NS(=O)(=O)c2ncccc2F)CCOCC1. The fourth-order valence-electron chi connectivity index (χ4n) is 1.95. The van der Waals surface area contributed by atoms with E-state index in [1.54, 1.807) is 0 Å². The molecule has 1 saturated heterocycles. The van der Waals surface area contributed by atoms with Gasteiger partial charge in [-0.1, -0.05) is 0 Å². The average molecular weight is 304 g/mol. The lowest BCUT2D eigenvalue weighted by atomic mass is 9.92. The summed E-state index contributed by atoms with van der Waals surface area (Å²) in [5, 5.41) is 8.46. The van der Waals surface area contributed by atoms with Crippen molar-refractivity contribution < 1.29 is 27.4 Å². The monoisotopic (exact) mass is 304 g/mol. The van der Waals surface area contributed by atoms with E-state index in [4.69, 9.17) is 4.74 Å². The van der Waals surface area contributed by atoms with Gasteiger partial charge in [0.05, 0.1) is 0 Å². The number of hydrogen-bond donors (Lipinski definition) is 2. The first-order valence-corrected chi connectivity index (χ1v) is 7.31. The molecular weight excluding hydrogens is 291 g/mol. The summed E-state index contributed by atoms with van der Waals surface area (Å²) in [6.45, 7) is 0.221. The minimum Gasteiger partial charge on any atom is -0.480 e. The summed E-state index contributed by atoms with van der Waals surface area (Å²) in [7, 11) is -4.37. The van der Waals surface area contributed by atoms with Gasteiger partial charge >= 0.3 is 5.97 Å². The molecule has 2 heterocycles. The van der Waals surface area contributed by atoms with Crippen LogP contribution in [-0.4, -0.2) is 43.2 Å². The van der Waals surface area contributed by atoms with Crippen LogP contribution in [-0.2, 0) is 19.6 Å². The van der Waals surface area contributed by atoms with Crippen LogP contribution >= 0.6 is 0 Å². The van der Waals surface area contributed by atoms with E-state index in [0.29, 0.717) is 0 Å². The number of aliphatic carboxylic acids is 1. The highest BCUT2D eigenvalue weighted by molar-refractivity contribution is 7.89. The second kappa shape index (κ2) is 5.43. The third-order valence-corrected chi connectivity index (χ3v) is 4.53. The molecule has 0 spiro atoms.